The molecule has 0 heterocycles. The molecule has 20 heavy (non-hydrogen) atoms. The molecule has 4 N–H and O–H groups in total. The van der Waals surface area contributed by atoms with Crippen molar-refractivity contribution in [1.29, 1.82) is 0 Å². The summed E-state index contributed by atoms with van der Waals surface area (Å²) in [5.41, 5.74) is -0.342. The van der Waals surface area contributed by atoms with Crippen molar-refractivity contribution in [2.75, 3.05) is 0 Å². The molecule has 0 aliphatic rings. The quantitative estimate of drug-likeness (QED) is 0.328. The SMILES string of the molecule is O=C(O)c1ccccc1OS(=O)(=O)O.O=S(=O)(O)O.[H-].[Na+]. The molecule has 13 heteroatoms. The van der Waals surface area contributed by atoms with Crippen LogP contribution in [0.4, 0.5) is 0 Å². The van der Waals surface area contributed by atoms with Crippen molar-refractivity contribution < 1.29 is 75.6 Å². The molecular formula is C7H9NaO10S2. The zero-order valence-corrected chi connectivity index (χ0v) is 13.5. The molecule has 110 valence electrons. The number of carbonyl (C=O) groups is 1. The van der Waals surface area contributed by atoms with Gasteiger partial charge in [-0.1, -0.05) is 12.1 Å². The zero-order valence-electron chi connectivity index (χ0n) is 10.9. The number of para-hydroxylation sites is 1. The van der Waals surface area contributed by atoms with E-state index in [1.165, 1.54) is 12.1 Å². The number of aromatic carboxylic acids is 1. The number of benzene rings is 1. The topological polar surface area (TPSA) is 175 Å². The Hall–Kier alpha value is -0.730. The van der Waals surface area contributed by atoms with Crippen LogP contribution in [0, 0.1) is 0 Å². The summed E-state index contributed by atoms with van der Waals surface area (Å²) in [5, 5.41) is 8.61. The summed E-state index contributed by atoms with van der Waals surface area (Å²) in [6, 6.07) is 5.06. The number of carboxylic acids is 1. The molecule has 0 fully saturated rings. The number of hydrogen-bond acceptors (Lipinski definition) is 6. The van der Waals surface area contributed by atoms with E-state index >= 15 is 0 Å². The Labute approximate surface area is 137 Å². The van der Waals surface area contributed by atoms with Crippen LogP contribution in [0.5, 0.6) is 5.75 Å². The first-order chi connectivity index (χ1) is 8.40. The van der Waals surface area contributed by atoms with Crippen molar-refractivity contribution in [3.8, 4) is 5.75 Å². The Balaban J connectivity index is -0.000000405. The van der Waals surface area contributed by atoms with E-state index in [2.05, 4.69) is 4.18 Å². The Kier molecular flexibility index (Phi) is 9.20. The third kappa shape index (κ3) is 12.3. The molecule has 0 spiro atoms. The summed E-state index contributed by atoms with van der Waals surface area (Å²) < 4.78 is 64.6. The largest absolute Gasteiger partial charge is 1.00 e. The molecule has 1 aromatic rings. The van der Waals surface area contributed by atoms with Crippen LogP contribution in [0.1, 0.15) is 11.8 Å². The van der Waals surface area contributed by atoms with Crippen LogP contribution in [-0.2, 0) is 20.8 Å². The first-order valence-electron chi connectivity index (χ1n) is 4.09. The van der Waals surface area contributed by atoms with Crippen molar-refractivity contribution >= 4 is 26.8 Å². The van der Waals surface area contributed by atoms with Crippen LogP contribution < -0.4 is 33.7 Å². The van der Waals surface area contributed by atoms with Crippen LogP contribution in [-0.4, -0.2) is 41.6 Å². The fourth-order valence-corrected chi connectivity index (χ4v) is 1.20. The Bertz CT molecular complexity index is 648. The minimum atomic E-state index is -4.70. The maximum atomic E-state index is 10.6. The van der Waals surface area contributed by atoms with Gasteiger partial charge in [-0.2, -0.15) is 16.8 Å². The van der Waals surface area contributed by atoms with Gasteiger partial charge in [0.05, 0.1) is 0 Å². The van der Waals surface area contributed by atoms with Crippen LogP contribution in [0.15, 0.2) is 24.3 Å². The Morgan fingerprint density at radius 2 is 1.45 bits per heavy atom. The van der Waals surface area contributed by atoms with Gasteiger partial charge in [-0.05, 0) is 12.1 Å². The molecule has 0 aliphatic heterocycles. The molecule has 1 aromatic carbocycles. The molecule has 0 aliphatic carbocycles. The standard InChI is InChI=1S/C7H6O6S.Na.H2O4S.H/c8-7(9)5-3-1-2-4-6(5)13-14(10,11)12;;1-5(2,3)4;/h1-4H,(H,8,9)(H,10,11,12);;(H2,1,2,3,4);/q;+1;;-1. The number of rotatable bonds is 3. The van der Waals surface area contributed by atoms with Crippen LogP contribution >= 0.6 is 0 Å². The maximum Gasteiger partial charge on any atom is 1.00 e. The molecule has 1 rings (SSSR count). The van der Waals surface area contributed by atoms with Gasteiger partial charge >= 0.3 is 56.3 Å². The van der Waals surface area contributed by atoms with Gasteiger partial charge in [0.15, 0.2) is 5.75 Å². The van der Waals surface area contributed by atoms with Crippen molar-refractivity contribution in [2.24, 2.45) is 0 Å². The summed E-state index contributed by atoms with van der Waals surface area (Å²) in [6.45, 7) is 0. The van der Waals surface area contributed by atoms with Crippen LogP contribution in [0.3, 0.4) is 0 Å². The normalized spacial score (nSPS) is 10.6. The van der Waals surface area contributed by atoms with Crippen molar-refractivity contribution in [3.05, 3.63) is 29.8 Å². The third-order valence-electron chi connectivity index (χ3n) is 1.31. The summed E-state index contributed by atoms with van der Waals surface area (Å²) in [4.78, 5) is 10.6. The van der Waals surface area contributed by atoms with E-state index in [1.54, 1.807) is 0 Å². The van der Waals surface area contributed by atoms with Gasteiger partial charge in [0, 0.05) is 0 Å². The van der Waals surface area contributed by atoms with Crippen LogP contribution in [0.2, 0.25) is 0 Å². The summed E-state index contributed by atoms with van der Waals surface area (Å²) >= 11 is 0. The van der Waals surface area contributed by atoms with Gasteiger partial charge < -0.3 is 10.7 Å². The average Bonchev–Trinajstić information content (AvgIpc) is 2.12. The fourth-order valence-electron chi connectivity index (χ4n) is 0.829. The predicted molar refractivity (Wildman–Crippen MR) is 60.9 cm³/mol. The molecule has 0 unspecified atom stereocenters. The monoisotopic (exact) mass is 340 g/mol. The molecule has 10 nitrogen and oxygen atoms in total. The van der Waals surface area contributed by atoms with E-state index in [9.17, 15) is 13.2 Å². The third-order valence-corrected chi connectivity index (χ3v) is 1.70. The van der Waals surface area contributed by atoms with Gasteiger partial charge in [-0.3, -0.25) is 13.7 Å². The van der Waals surface area contributed by atoms with Crippen molar-refractivity contribution in [1.82, 2.24) is 0 Å². The van der Waals surface area contributed by atoms with E-state index in [0.717, 1.165) is 12.1 Å². The zero-order chi connectivity index (χ0) is 15.3. The van der Waals surface area contributed by atoms with E-state index in [1.807, 2.05) is 0 Å². The van der Waals surface area contributed by atoms with Crippen LogP contribution in [0.25, 0.3) is 0 Å². The van der Waals surface area contributed by atoms with Gasteiger partial charge in [-0.25, -0.2) is 4.79 Å². The first kappa shape index (κ1) is 21.6. The van der Waals surface area contributed by atoms with Gasteiger partial charge in [0.1, 0.15) is 5.56 Å². The van der Waals surface area contributed by atoms with E-state index in [0.29, 0.717) is 0 Å². The van der Waals surface area contributed by atoms with Gasteiger partial charge in [-0.15, -0.1) is 0 Å². The van der Waals surface area contributed by atoms with Gasteiger partial charge in [0.2, 0.25) is 0 Å². The number of hydrogen-bond donors (Lipinski definition) is 4. The van der Waals surface area contributed by atoms with Crippen molar-refractivity contribution in [2.45, 2.75) is 0 Å². The molecule has 0 saturated heterocycles. The smallest absolute Gasteiger partial charge is 1.00 e. The van der Waals surface area contributed by atoms with Gasteiger partial charge in [0.25, 0.3) is 0 Å². The summed E-state index contributed by atoms with van der Waals surface area (Å²) in [7, 11) is -9.36. The van der Waals surface area contributed by atoms with Crippen molar-refractivity contribution in [3.63, 3.8) is 0 Å². The molecular weight excluding hydrogens is 331 g/mol. The molecule has 0 amide bonds. The second-order valence-electron chi connectivity index (χ2n) is 2.76. The van der Waals surface area contributed by atoms with E-state index in [4.69, 9.17) is 27.2 Å². The summed E-state index contributed by atoms with van der Waals surface area (Å²) in [6.07, 6.45) is 0. The molecule has 0 atom stereocenters. The second kappa shape index (κ2) is 8.53. The molecule has 0 aromatic heterocycles. The minimum absolute atomic E-state index is 0. The average molecular weight is 340 g/mol. The van der Waals surface area contributed by atoms with E-state index < -0.39 is 32.5 Å². The fraction of sp³-hybridized carbons (Fsp3) is 0. The van der Waals surface area contributed by atoms with E-state index in [-0.39, 0.29) is 36.5 Å². The molecule has 0 radical (unpaired) electrons. The molecule has 0 bridgehead atoms. The Morgan fingerprint density at radius 1 is 1.05 bits per heavy atom. The Morgan fingerprint density at radius 3 is 1.80 bits per heavy atom. The second-order valence-corrected chi connectivity index (χ2v) is 4.68. The summed E-state index contributed by atoms with van der Waals surface area (Å²) in [5.74, 6) is -1.77. The first-order valence-corrected chi connectivity index (χ1v) is 6.85. The minimum Gasteiger partial charge on any atom is -1.00 e. The maximum absolute atomic E-state index is 10.6. The molecule has 0 saturated carbocycles. The number of carboxylic acid groups (broad SMARTS) is 1. The predicted octanol–water partition coefficient (Wildman–Crippen LogP) is -2.97.